The molecule has 1 atom stereocenters. The van der Waals surface area contributed by atoms with Crippen molar-refractivity contribution in [2.45, 2.75) is 32.9 Å². The normalized spacial score (nSPS) is 12.7. The molecule has 5 heteroatoms. The summed E-state index contributed by atoms with van der Waals surface area (Å²) in [5, 5.41) is 6.16. The molecule has 2 aromatic rings. The number of hydrogen-bond donors (Lipinski definition) is 1. The van der Waals surface area contributed by atoms with Crippen molar-refractivity contribution in [2.24, 2.45) is 0 Å². The number of likely N-dealkylation sites (N-methyl/N-ethyl adjacent to an activating group) is 1. The van der Waals surface area contributed by atoms with Crippen LogP contribution in [0.4, 0.5) is 5.13 Å². The minimum absolute atomic E-state index is 0.434. The van der Waals surface area contributed by atoms with Crippen LogP contribution in [0.25, 0.3) is 0 Å². The van der Waals surface area contributed by atoms with Gasteiger partial charge in [0.1, 0.15) is 0 Å². The van der Waals surface area contributed by atoms with Gasteiger partial charge < -0.3 is 5.32 Å². The second kappa shape index (κ2) is 6.81. The fourth-order valence-corrected chi connectivity index (χ4v) is 2.74. The van der Waals surface area contributed by atoms with Crippen LogP contribution in [0.2, 0.25) is 0 Å². The molecule has 4 nitrogen and oxygen atoms in total. The zero-order valence-electron chi connectivity index (χ0n) is 12.6. The first kappa shape index (κ1) is 14.9. The van der Waals surface area contributed by atoms with E-state index in [-0.39, 0.29) is 0 Å². The fourth-order valence-electron chi connectivity index (χ4n) is 2.07. The molecule has 0 bridgehead atoms. The van der Waals surface area contributed by atoms with E-state index in [0.717, 1.165) is 29.5 Å². The van der Waals surface area contributed by atoms with Crippen LogP contribution in [0.1, 0.15) is 23.9 Å². The van der Waals surface area contributed by atoms with E-state index in [1.807, 2.05) is 19.3 Å². The van der Waals surface area contributed by atoms with Crippen molar-refractivity contribution in [1.29, 1.82) is 0 Å². The van der Waals surface area contributed by atoms with Gasteiger partial charge in [0.05, 0.1) is 5.69 Å². The molecule has 0 radical (unpaired) electrons. The van der Waals surface area contributed by atoms with Crippen LogP contribution in [0.3, 0.4) is 0 Å². The largest absolute Gasteiger partial charge is 0.365 e. The van der Waals surface area contributed by atoms with Crippen molar-refractivity contribution in [3.8, 4) is 0 Å². The van der Waals surface area contributed by atoms with Crippen LogP contribution in [-0.4, -0.2) is 35.0 Å². The maximum absolute atomic E-state index is 4.52. The smallest absolute Gasteiger partial charge is 0.182 e. The van der Waals surface area contributed by atoms with Crippen molar-refractivity contribution in [3.05, 3.63) is 40.7 Å². The Kier molecular flexibility index (Phi) is 5.09. The van der Waals surface area contributed by atoms with Crippen molar-refractivity contribution in [1.82, 2.24) is 14.9 Å². The number of anilines is 1. The molecule has 2 heterocycles. The quantitative estimate of drug-likeness (QED) is 0.888. The highest BCUT2D eigenvalue weighted by Crippen LogP contribution is 2.17. The first-order chi connectivity index (χ1) is 9.58. The molecule has 108 valence electrons. The highest BCUT2D eigenvalue weighted by molar-refractivity contribution is 7.13. The molecule has 0 saturated heterocycles. The molecule has 0 amide bonds. The van der Waals surface area contributed by atoms with E-state index in [1.54, 1.807) is 11.3 Å². The molecule has 0 aliphatic rings. The van der Waals surface area contributed by atoms with Gasteiger partial charge in [-0.15, -0.1) is 11.3 Å². The first-order valence-electron chi connectivity index (χ1n) is 6.82. The van der Waals surface area contributed by atoms with Crippen molar-refractivity contribution >= 4 is 16.5 Å². The number of pyridine rings is 1. The molecule has 20 heavy (non-hydrogen) atoms. The Bertz CT molecular complexity index is 552. The van der Waals surface area contributed by atoms with Crippen LogP contribution in [0.15, 0.2) is 23.7 Å². The molecule has 0 saturated carbocycles. The molecule has 2 aromatic heterocycles. The highest BCUT2D eigenvalue weighted by Gasteiger charge is 2.13. The number of aromatic nitrogens is 2. The monoisotopic (exact) mass is 290 g/mol. The van der Waals surface area contributed by atoms with Crippen LogP contribution >= 0.6 is 11.3 Å². The highest BCUT2D eigenvalue weighted by atomic mass is 32.1. The predicted molar refractivity (Wildman–Crippen MR) is 85.3 cm³/mol. The summed E-state index contributed by atoms with van der Waals surface area (Å²) in [6.07, 6.45) is 2.85. The first-order valence-corrected chi connectivity index (χ1v) is 7.70. The molecule has 0 aliphatic heterocycles. The number of hydrogen-bond acceptors (Lipinski definition) is 5. The van der Waals surface area contributed by atoms with Gasteiger partial charge in [0.2, 0.25) is 0 Å². The van der Waals surface area contributed by atoms with Gasteiger partial charge in [-0.25, -0.2) is 4.98 Å². The lowest BCUT2D eigenvalue weighted by molar-refractivity contribution is 0.244. The van der Waals surface area contributed by atoms with Crippen LogP contribution in [0, 0.1) is 6.92 Å². The predicted octanol–water partition coefficient (Wildman–Crippen LogP) is 2.95. The van der Waals surface area contributed by atoms with E-state index in [1.165, 1.54) is 5.56 Å². The zero-order valence-corrected chi connectivity index (χ0v) is 13.4. The summed E-state index contributed by atoms with van der Waals surface area (Å²) >= 11 is 1.65. The second-order valence-electron chi connectivity index (χ2n) is 5.19. The Morgan fingerprint density at radius 3 is 2.85 bits per heavy atom. The van der Waals surface area contributed by atoms with Gasteiger partial charge in [-0.05, 0) is 38.6 Å². The summed E-state index contributed by atoms with van der Waals surface area (Å²) in [6, 6.07) is 4.63. The summed E-state index contributed by atoms with van der Waals surface area (Å²) in [5.74, 6) is 0. The van der Waals surface area contributed by atoms with E-state index in [0.29, 0.717) is 6.04 Å². The number of nitrogens with zero attached hydrogens (tertiary/aromatic N) is 3. The summed E-state index contributed by atoms with van der Waals surface area (Å²) in [6.45, 7) is 5.20. The minimum atomic E-state index is 0.434. The molecular weight excluding hydrogens is 268 g/mol. The SMILES string of the molecule is CNc1nc(CN(C)C(C)Cc2cc(C)ccn2)cs1. The Balaban J connectivity index is 1.93. The van der Waals surface area contributed by atoms with Crippen LogP contribution in [0.5, 0.6) is 0 Å². The lowest BCUT2D eigenvalue weighted by Crippen LogP contribution is -2.30. The lowest BCUT2D eigenvalue weighted by Gasteiger charge is -2.23. The van der Waals surface area contributed by atoms with Gasteiger partial charge in [-0.1, -0.05) is 0 Å². The summed E-state index contributed by atoms with van der Waals surface area (Å²) in [4.78, 5) is 11.3. The third-order valence-corrected chi connectivity index (χ3v) is 4.31. The average molecular weight is 290 g/mol. The minimum Gasteiger partial charge on any atom is -0.365 e. The van der Waals surface area contributed by atoms with Gasteiger partial charge >= 0.3 is 0 Å². The van der Waals surface area contributed by atoms with Crippen LogP contribution < -0.4 is 5.32 Å². The number of nitrogens with one attached hydrogen (secondary N) is 1. The van der Waals surface area contributed by atoms with E-state index < -0.39 is 0 Å². The molecule has 0 aromatic carbocycles. The van der Waals surface area contributed by atoms with Gasteiger partial charge in [-0.3, -0.25) is 9.88 Å². The Hall–Kier alpha value is -1.46. The summed E-state index contributed by atoms with van der Waals surface area (Å²) < 4.78 is 0. The van der Waals surface area contributed by atoms with Gasteiger partial charge in [0, 0.05) is 43.3 Å². The van der Waals surface area contributed by atoms with Crippen LogP contribution in [-0.2, 0) is 13.0 Å². The van der Waals surface area contributed by atoms with Crippen molar-refractivity contribution in [2.75, 3.05) is 19.4 Å². The molecule has 0 fully saturated rings. The van der Waals surface area contributed by atoms with E-state index in [2.05, 4.69) is 52.5 Å². The van der Waals surface area contributed by atoms with Crippen molar-refractivity contribution in [3.63, 3.8) is 0 Å². The Morgan fingerprint density at radius 2 is 2.20 bits per heavy atom. The van der Waals surface area contributed by atoms with Crippen molar-refractivity contribution < 1.29 is 0 Å². The number of rotatable bonds is 6. The summed E-state index contributed by atoms with van der Waals surface area (Å²) in [5.41, 5.74) is 3.53. The molecule has 0 aliphatic carbocycles. The van der Waals surface area contributed by atoms with E-state index in [9.17, 15) is 0 Å². The molecule has 1 unspecified atom stereocenters. The Labute approximate surface area is 124 Å². The molecular formula is C15H22N4S. The second-order valence-corrected chi connectivity index (χ2v) is 6.04. The topological polar surface area (TPSA) is 41.1 Å². The van der Waals surface area contributed by atoms with E-state index >= 15 is 0 Å². The standard InChI is InChI=1S/C15H22N4S/c1-11-5-6-17-13(7-11)8-12(2)19(4)9-14-10-20-15(16-3)18-14/h5-7,10,12H,8-9H2,1-4H3,(H,16,18). The zero-order chi connectivity index (χ0) is 14.5. The van der Waals surface area contributed by atoms with Gasteiger partial charge in [0.15, 0.2) is 5.13 Å². The summed E-state index contributed by atoms with van der Waals surface area (Å²) in [7, 11) is 4.04. The third-order valence-electron chi connectivity index (χ3n) is 3.41. The number of aryl methyl sites for hydroxylation is 1. The fraction of sp³-hybridized carbons (Fsp3) is 0.467. The maximum Gasteiger partial charge on any atom is 0.182 e. The average Bonchev–Trinajstić information content (AvgIpc) is 2.86. The number of thiazole rings is 1. The Morgan fingerprint density at radius 1 is 1.40 bits per heavy atom. The lowest BCUT2D eigenvalue weighted by atomic mass is 10.1. The van der Waals surface area contributed by atoms with Gasteiger partial charge in [-0.2, -0.15) is 0 Å². The van der Waals surface area contributed by atoms with Gasteiger partial charge in [0.25, 0.3) is 0 Å². The molecule has 2 rings (SSSR count). The third kappa shape index (κ3) is 4.02. The van der Waals surface area contributed by atoms with E-state index in [4.69, 9.17) is 0 Å². The molecule has 1 N–H and O–H groups in total. The molecule has 0 spiro atoms. The maximum atomic E-state index is 4.52.